The number of anilines is 1. The molecule has 2 aliphatic heterocycles. The van der Waals surface area contributed by atoms with Crippen LogP contribution in [0.4, 0.5) is 5.69 Å². The number of aliphatic imine (C=N–C) groups is 1. The minimum atomic E-state index is 0.554. The van der Waals surface area contributed by atoms with E-state index < -0.39 is 0 Å². The summed E-state index contributed by atoms with van der Waals surface area (Å²) in [5, 5.41) is 7.90. The molecule has 2 aliphatic rings. The van der Waals surface area contributed by atoms with Crippen molar-refractivity contribution in [2.45, 2.75) is 18.8 Å². The van der Waals surface area contributed by atoms with Gasteiger partial charge in [-0.25, -0.2) is 0 Å². The summed E-state index contributed by atoms with van der Waals surface area (Å²) in [6, 6.07) is 10.8. The largest absolute Gasteiger partial charge is 0.369 e. The van der Waals surface area contributed by atoms with Gasteiger partial charge >= 0.3 is 0 Å². The van der Waals surface area contributed by atoms with E-state index in [1.165, 1.54) is 11.3 Å². The molecule has 0 saturated carbocycles. The minimum absolute atomic E-state index is 0.554. The zero-order valence-corrected chi connectivity index (χ0v) is 18.4. The van der Waals surface area contributed by atoms with Gasteiger partial charge in [0, 0.05) is 77.7 Å². The third-order valence-electron chi connectivity index (χ3n) is 6.32. The number of aryl methyl sites for hydroxylation is 1. The Hall–Kier alpha value is -2.54. The Kier molecular flexibility index (Phi) is 6.89. The Bertz CT molecular complexity index is 808. The van der Waals surface area contributed by atoms with Crippen molar-refractivity contribution in [3.63, 3.8) is 0 Å². The molecule has 2 aromatic rings. The van der Waals surface area contributed by atoms with Crippen LogP contribution in [-0.2, 0) is 7.05 Å². The lowest BCUT2D eigenvalue weighted by Gasteiger charge is -2.36. The molecule has 0 amide bonds. The van der Waals surface area contributed by atoms with Gasteiger partial charge in [0.2, 0.25) is 0 Å². The van der Waals surface area contributed by atoms with E-state index in [1.807, 2.05) is 25.0 Å². The Morgan fingerprint density at radius 1 is 1.13 bits per heavy atom. The zero-order chi connectivity index (χ0) is 20.8. The number of aromatic nitrogens is 2. The molecule has 4 rings (SSSR count). The fourth-order valence-corrected chi connectivity index (χ4v) is 4.58. The molecule has 2 saturated heterocycles. The summed E-state index contributed by atoms with van der Waals surface area (Å²) >= 11 is 0. The Morgan fingerprint density at radius 3 is 2.63 bits per heavy atom. The molecule has 0 radical (unpaired) electrons. The van der Waals surface area contributed by atoms with E-state index in [1.54, 1.807) is 0 Å². The van der Waals surface area contributed by atoms with Crippen molar-refractivity contribution in [2.75, 3.05) is 64.3 Å². The highest BCUT2D eigenvalue weighted by molar-refractivity contribution is 5.80. The van der Waals surface area contributed by atoms with Gasteiger partial charge in [-0.3, -0.25) is 14.6 Å². The summed E-state index contributed by atoms with van der Waals surface area (Å²) in [5.41, 5.74) is 2.68. The fourth-order valence-electron chi connectivity index (χ4n) is 4.58. The second-order valence-electron chi connectivity index (χ2n) is 8.37. The van der Waals surface area contributed by atoms with E-state index in [-0.39, 0.29) is 0 Å². The van der Waals surface area contributed by atoms with E-state index in [9.17, 15) is 0 Å². The van der Waals surface area contributed by atoms with Crippen LogP contribution in [0.2, 0.25) is 0 Å². The number of hydrogen-bond acceptors (Lipinski definition) is 4. The quantitative estimate of drug-likeness (QED) is 0.449. The van der Waals surface area contributed by atoms with E-state index in [0.29, 0.717) is 5.92 Å². The summed E-state index contributed by atoms with van der Waals surface area (Å²) < 4.78 is 1.89. The molecule has 1 atom stereocenters. The second-order valence-corrected chi connectivity index (χ2v) is 8.37. The van der Waals surface area contributed by atoms with Crippen LogP contribution in [0.1, 0.15) is 24.3 Å². The van der Waals surface area contributed by atoms with Crippen molar-refractivity contribution in [3.05, 3.63) is 48.3 Å². The summed E-state index contributed by atoms with van der Waals surface area (Å²) in [5.74, 6) is 1.59. The summed E-state index contributed by atoms with van der Waals surface area (Å²) in [4.78, 5) is 12.0. The maximum atomic E-state index is 4.52. The first kappa shape index (κ1) is 20.7. The number of nitrogens with zero attached hydrogens (tertiary/aromatic N) is 6. The number of piperazine rings is 1. The molecule has 0 bridgehead atoms. The molecule has 1 aromatic heterocycles. The van der Waals surface area contributed by atoms with Crippen molar-refractivity contribution in [3.8, 4) is 0 Å². The van der Waals surface area contributed by atoms with Crippen molar-refractivity contribution < 1.29 is 0 Å². The van der Waals surface area contributed by atoms with Gasteiger partial charge in [-0.2, -0.15) is 5.10 Å². The van der Waals surface area contributed by atoms with E-state index >= 15 is 0 Å². The molecule has 1 unspecified atom stereocenters. The van der Waals surface area contributed by atoms with Crippen LogP contribution >= 0.6 is 0 Å². The van der Waals surface area contributed by atoms with Gasteiger partial charge in [0.05, 0.1) is 6.20 Å². The normalized spacial score (nSPS) is 20.7. The molecule has 1 N–H and O–H groups in total. The monoisotopic (exact) mass is 409 g/mol. The summed E-state index contributed by atoms with van der Waals surface area (Å²) in [7, 11) is 3.88. The Morgan fingerprint density at radius 2 is 1.93 bits per heavy atom. The van der Waals surface area contributed by atoms with Gasteiger partial charge in [-0.1, -0.05) is 18.2 Å². The highest BCUT2D eigenvalue weighted by Gasteiger charge is 2.26. The van der Waals surface area contributed by atoms with Crippen molar-refractivity contribution in [1.29, 1.82) is 0 Å². The van der Waals surface area contributed by atoms with E-state index in [4.69, 9.17) is 0 Å². The molecule has 0 spiro atoms. The number of nitrogens with one attached hydrogen (secondary N) is 1. The molecular formula is C23H35N7. The van der Waals surface area contributed by atoms with Gasteiger partial charge in [-0.15, -0.1) is 0 Å². The molecule has 7 nitrogen and oxygen atoms in total. The molecule has 3 heterocycles. The van der Waals surface area contributed by atoms with Gasteiger partial charge in [0.1, 0.15) is 0 Å². The molecule has 1 aromatic carbocycles. The second kappa shape index (κ2) is 9.98. The van der Waals surface area contributed by atoms with Gasteiger partial charge in [0.25, 0.3) is 0 Å². The van der Waals surface area contributed by atoms with Crippen LogP contribution in [0.3, 0.4) is 0 Å². The molecule has 2 fully saturated rings. The number of rotatable bonds is 6. The average molecular weight is 410 g/mol. The van der Waals surface area contributed by atoms with Crippen LogP contribution in [0, 0.1) is 0 Å². The average Bonchev–Trinajstić information content (AvgIpc) is 3.44. The summed E-state index contributed by atoms with van der Waals surface area (Å²) in [6.45, 7) is 8.70. The summed E-state index contributed by atoms with van der Waals surface area (Å²) in [6.07, 6.45) is 6.45. The topological polar surface area (TPSA) is 51.9 Å². The maximum absolute atomic E-state index is 4.52. The smallest absolute Gasteiger partial charge is 0.193 e. The predicted octanol–water partition coefficient (Wildman–Crippen LogP) is 2.00. The van der Waals surface area contributed by atoms with Gasteiger partial charge in [0.15, 0.2) is 5.96 Å². The number of para-hydroxylation sites is 1. The van der Waals surface area contributed by atoms with Gasteiger partial charge < -0.3 is 15.1 Å². The van der Waals surface area contributed by atoms with E-state index in [0.717, 1.165) is 71.2 Å². The first-order valence-corrected chi connectivity index (χ1v) is 11.2. The first-order chi connectivity index (χ1) is 14.7. The molecule has 7 heteroatoms. The highest BCUT2D eigenvalue weighted by atomic mass is 15.3. The molecule has 30 heavy (non-hydrogen) atoms. The number of guanidine groups is 1. The van der Waals surface area contributed by atoms with Crippen molar-refractivity contribution in [1.82, 2.24) is 24.9 Å². The van der Waals surface area contributed by atoms with Crippen LogP contribution in [0.25, 0.3) is 0 Å². The first-order valence-electron chi connectivity index (χ1n) is 11.2. The van der Waals surface area contributed by atoms with Crippen molar-refractivity contribution in [2.24, 2.45) is 12.0 Å². The van der Waals surface area contributed by atoms with E-state index in [2.05, 4.69) is 66.6 Å². The number of hydrogen-bond donors (Lipinski definition) is 1. The highest BCUT2D eigenvalue weighted by Crippen LogP contribution is 2.26. The Labute approximate surface area is 180 Å². The zero-order valence-electron chi connectivity index (χ0n) is 18.4. The minimum Gasteiger partial charge on any atom is -0.369 e. The maximum Gasteiger partial charge on any atom is 0.193 e. The predicted molar refractivity (Wildman–Crippen MR) is 123 cm³/mol. The number of likely N-dealkylation sites (tertiary alicyclic amines) is 1. The third kappa shape index (κ3) is 5.14. The van der Waals surface area contributed by atoms with Crippen LogP contribution < -0.4 is 10.2 Å². The molecular weight excluding hydrogens is 374 g/mol. The third-order valence-corrected chi connectivity index (χ3v) is 6.32. The van der Waals surface area contributed by atoms with Crippen molar-refractivity contribution >= 4 is 11.6 Å². The molecule has 0 aliphatic carbocycles. The number of benzene rings is 1. The lowest BCUT2D eigenvalue weighted by Crippen LogP contribution is -2.47. The lowest BCUT2D eigenvalue weighted by atomic mass is 10.0. The Balaban J connectivity index is 1.15. The fraction of sp³-hybridized carbons (Fsp3) is 0.565. The lowest BCUT2D eigenvalue weighted by molar-refractivity contribution is 0.255. The van der Waals surface area contributed by atoms with Crippen LogP contribution in [0.15, 0.2) is 47.7 Å². The SMILES string of the molecule is CN=C(NCCCN1CCN(c2ccccc2)CC1)N1CCC(c2cnn(C)c2)C1. The standard InChI is InChI=1S/C23H35N7/c1-24-23(30-12-9-20(19-30)21-17-26-27(2)18-21)25-10-6-11-28-13-15-29(16-14-28)22-7-4-3-5-8-22/h3-5,7-8,17-18,20H,6,9-16,19H2,1-2H3,(H,24,25). The molecule has 162 valence electrons. The van der Waals surface area contributed by atoms with Crippen LogP contribution in [0.5, 0.6) is 0 Å². The van der Waals surface area contributed by atoms with Crippen LogP contribution in [-0.4, -0.2) is 84.9 Å². The van der Waals surface area contributed by atoms with Gasteiger partial charge in [-0.05, 0) is 37.1 Å².